The number of hydrogen-bond donors (Lipinski definition) is 1. The lowest BCUT2D eigenvalue weighted by atomic mass is 9.99. The fourth-order valence-electron chi connectivity index (χ4n) is 4.33. The second-order valence-electron chi connectivity index (χ2n) is 8.91. The van der Waals surface area contributed by atoms with Gasteiger partial charge in [0.25, 0.3) is 5.56 Å². The van der Waals surface area contributed by atoms with Crippen LogP contribution in [0.25, 0.3) is 10.2 Å². The number of H-pyrrole nitrogens is 1. The zero-order chi connectivity index (χ0) is 23.9. The number of thiophene rings is 1. The Balaban J connectivity index is 1.47. The van der Waals surface area contributed by atoms with E-state index in [-0.39, 0.29) is 11.6 Å². The normalized spacial score (nSPS) is 18.0. The Hall–Kier alpha value is -2.07. The molecule has 1 aromatic carbocycles. The number of benzene rings is 1. The van der Waals surface area contributed by atoms with Gasteiger partial charge in [-0.25, -0.2) is 13.4 Å². The molecule has 1 N–H and O–H groups in total. The maximum atomic E-state index is 13.2. The van der Waals surface area contributed by atoms with E-state index in [2.05, 4.69) is 23.7 Å². The van der Waals surface area contributed by atoms with Crippen LogP contribution in [0.1, 0.15) is 61.0 Å². The summed E-state index contributed by atoms with van der Waals surface area (Å²) in [6.45, 7) is 12.2. The number of piperazine rings is 1. The van der Waals surface area contributed by atoms with E-state index in [1.165, 1.54) is 11.3 Å². The summed E-state index contributed by atoms with van der Waals surface area (Å²) in [5.74, 6) is 1.04. The molecule has 1 aliphatic heterocycles. The number of nitrogens with one attached hydrogen (secondary N) is 1. The summed E-state index contributed by atoms with van der Waals surface area (Å²) in [5.41, 5.74) is 2.04. The molecule has 2 aromatic heterocycles. The third-order valence-electron chi connectivity index (χ3n) is 6.97. The SMILES string of the molecule is CCC(C)c1ccc(S(=O)(=O)N2CCN(C(C)c3nc4sc(C)c(C)c4c(=O)[nH]3)CC2)cc1. The number of hydrogen-bond acceptors (Lipinski definition) is 6. The molecule has 0 saturated carbocycles. The van der Waals surface area contributed by atoms with Gasteiger partial charge in [0.2, 0.25) is 10.0 Å². The summed E-state index contributed by atoms with van der Waals surface area (Å²) in [6.07, 6.45) is 1.02. The van der Waals surface area contributed by atoms with Gasteiger partial charge in [0.05, 0.1) is 16.3 Å². The first-order valence-electron chi connectivity index (χ1n) is 11.5. The molecule has 9 heteroatoms. The van der Waals surface area contributed by atoms with Crippen LogP contribution < -0.4 is 5.56 Å². The molecule has 0 spiro atoms. The maximum Gasteiger partial charge on any atom is 0.259 e. The van der Waals surface area contributed by atoms with Crippen molar-refractivity contribution in [2.75, 3.05) is 26.2 Å². The molecule has 3 heterocycles. The van der Waals surface area contributed by atoms with Crippen LogP contribution in [0.15, 0.2) is 34.0 Å². The van der Waals surface area contributed by atoms with E-state index in [4.69, 9.17) is 4.98 Å². The number of aromatic nitrogens is 2. The van der Waals surface area contributed by atoms with Crippen LogP contribution in [-0.2, 0) is 10.0 Å². The van der Waals surface area contributed by atoms with E-state index in [9.17, 15) is 13.2 Å². The Kier molecular flexibility index (Phi) is 6.77. The minimum absolute atomic E-state index is 0.106. The Morgan fingerprint density at radius 1 is 1.09 bits per heavy atom. The van der Waals surface area contributed by atoms with Gasteiger partial charge in [0, 0.05) is 31.1 Å². The molecule has 178 valence electrons. The average molecular weight is 489 g/mol. The lowest BCUT2D eigenvalue weighted by Gasteiger charge is -2.36. The highest BCUT2D eigenvalue weighted by atomic mass is 32.2. The van der Waals surface area contributed by atoms with Gasteiger partial charge in [0.1, 0.15) is 10.7 Å². The minimum atomic E-state index is -3.53. The molecule has 0 radical (unpaired) electrons. The van der Waals surface area contributed by atoms with Crippen molar-refractivity contribution >= 4 is 31.6 Å². The van der Waals surface area contributed by atoms with Crippen molar-refractivity contribution in [3.63, 3.8) is 0 Å². The molecule has 0 amide bonds. The molecule has 0 aliphatic carbocycles. The van der Waals surface area contributed by atoms with Crippen molar-refractivity contribution in [2.45, 2.75) is 57.9 Å². The Morgan fingerprint density at radius 3 is 2.33 bits per heavy atom. The number of sulfonamides is 1. The van der Waals surface area contributed by atoms with E-state index in [1.807, 2.05) is 32.9 Å². The first-order valence-corrected chi connectivity index (χ1v) is 13.7. The highest BCUT2D eigenvalue weighted by Crippen LogP contribution is 2.28. The fourth-order valence-corrected chi connectivity index (χ4v) is 6.79. The maximum absolute atomic E-state index is 13.2. The van der Waals surface area contributed by atoms with Crippen LogP contribution in [0.4, 0.5) is 0 Å². The fraction of sp³-hybridized carbons (Fsp3) is 0.500. The van der Waals surface area contributed by atoms with E-state index in [0.717, 1.165) is 27.3 Å². The van der Waals surface area contributed by atoms with E-state index in [0.29, 0.717) is 48.2 Å². The summed E-state index contributed by atoms with van der Waals surface area (Å²) in [5, 5.41) is 0.670. The van der Waals surface area contributed by atoms with Gasteiger partial charge in [0.15, 0.2) is 0 Å². The van der Waals surface area contributed by atoms with E-state index in [1.54, 1.807) is 16.4 Å². The predicted molar refractivity (Wildman–Crippen MR) is 134 cm³/mol. The zero-order valence-electron chi connectivity index (χ0n) is 19.9. The van der Waals surface area contributed by atoms with E-state index < -0.39 is 10.0 Å². The number of aryl methyl sites for hydroxylation is 2. The van der Waals surface area contributed by atoms with Crippen molar-refractivity contribution in [3.8, 4) is 0 Å². The van der Waals surface area contributed by atoms with Crippen molar-refractivity contribution in [3.05, 3.63) is 56.4 Å². The van der Waals surface area contributed by atoms with Crippen molar-refractivity contribution < 1.29 is 8.42 Å². The van der Waals surface area contributed by atoms with Gasteiger partial charge in [-0.1, -0.05) is 26.0 Å². The van der Waals surface area contributed by atoms with Gasteiger partial charge in [-0.05, 0) is 56.4 Å². The first-order chi connectivity index (χ1) is 15.6. The van der Waals surface area contributed by atoms with Crippen LogP contribution in [0.2, 0.25) is 0 Å². The van der Waals surface area contributed by atoms with Gasteiger partial charge >= 0.3 is 0 Å². The summed E-state index contributed by atoms with van der Waals surface area (Å²) >= 11 is 1.54. The molecule has 33 heavy (non-hydrogen) atoms. The quantitative estimate of drug-likeness (QED) is 0.562. The highest BCUT2D eigenvalue weighted by molar-refractivity contribution is 7.89. The molecule has 1 aliphatic rings. The second kappa shape index (κ2) is 9.29. The van der Waals surface area contributed by atoms with Gasteiger partial charge in [-0.15, -0.1) is 11.3 Å². The third-order valence-corrected chi connectivity index (χ3v) is 9.99. The van der Waals surface area contributed by atoms with Crippen LogP contribution in [0.5, 0.6) is 0 Å². The summed E-state index contributed by atoms with van der Waals surface area (Å²) < 4.78 is 27.9. The van der Waals surface area contributed by atoms with Crippen molar-refractivity contribution in [2.24, 2.45) is 0 Å². The van der Waals surface area contributed by atoms with Crippen LogP contribution in [0.3, 0.4) is 0 Å². The monoisotopic (exact) mass is 488 g/mol. The molecule has 3 aromatic rings. The second-order valence-corrected chi connectivity index (χ2v) is 12.1. The van der Waals surface area contributed by atoms with Crippen LogP contribution in [0, 0.1) is 13.8 Å². The molecule has 0 bridgehead atoms. The average Bonchev–Trinajstić information content (AvgIpc) is 3.11. The minimum Gasteiger partial charge on any atom is -0.309 e. The predicted octanol–water partition coefficient (Wildman–Crippen LogP) is 4.18. The standard InChI is InChI=1S/C24H32N4O3S2/c1-6-15(2)19-7-9-20(10-8-19)33(30,31)28-13-11-27(12-14-28)17(4)22-25-23(29)21-16(3)18(5)32-24(21)26-22/h7-10,15,17H,6,11-14H2,1-5H3,(H,25,26,29). The molecule has 2 atom stereocenters. The lowest BCUT2D eigenvalue weighted by molar-refractivity contribution is 0.141. The molecular formula is C24H32N4O3S2. The van der Waals surface area contributed by atoms with Crippen LogP contribution >= 0.6 is 11.3 Å². The van der Waals surface area contributed by atoms with Crippen LogP contribution in [-0.4, -0.2) is 53.8 Å². The number of fused-ring (bicyclic) bond motifs is 1. The Bertz CT molecular complexity index is 1300. The third kappa shape index (κ3) is 4.51. The Labute approximate surface area is 199 Å². The molecule has 1 fully saturated rings. The topological polar surface area (TPSA) is 86.4 Å². The largest absolute Gasteiger partial charge is 0.309 e. The number of aromatic amines is 1. The molecule has 7 nitrogen and oxygen atoms in total. The van der Waals surface area contributed by atoms with Crippen molar-refractivity contribution in [1.29, 1.82) is 0 Å². The van der Waals surface area contributed by atoms with Gasteiger partial charge in [-0.3, -0.25) is 9.69 Å². The van der Waals surface area contributed by atoms with Crippen molar-refractivity contribution in [1.82, 2.24) is 19.2 Å². The molecule has 1 saturated heterocycles. The summed E-state index contributed by atoms with van der Waals surface area (Å²) in [4.78, 5) is 24.7. The summed E-state index contributed by atoms with van der Waals surface area (Å²) in [6, 6.07) is 7.18. The first kappa shape index (κ1) is 24.1. The van der Waals surface area contributed by atoms with E-state index >= 15 is 0 Å². The molecular weight excluding hydrogens is 456 g/mol. The smallest absolute Gasteiger partial charge is 0.259 e. The molecule has 4 rings (SSSR count). The zero-order valence-corrected chi connectivity index (χ0v) is 21.5. The van der Waals surface area contributed by atoms with Gasteiger partial charge < -0.3 is 4.98 Å². The Morgan fingerprint density at radius 2 is 1.73 bits per heavy atom. The number of nitrogens with zero attached hydrogens (tertiary/aromatic N) is 3. The highest BCUT2D eigenvalue weighted by Gasteiger charge is 2.31. The lowest BCUT2D eigenvalue weighted by Crippen LogP contribution is -2.49. The number of rotatable bonds is 6. The molecule has 2 unspecified atom stereocenters. The summed E-state index contributed by atoms with van der Waals surface area (Å²) in [7, 11) is -3.53. The van der Waals surface area contributed by atoms with Gasteiger partial charge in [-0.2, -0.15) is 4.31 Å².